The average Bonchev–Trinajstić information content (AvgIpc) is 3.18. The van der Waals surface area contributed by atoms with Gasteiger partial charge in [-0.2, -0.15) is 0 Å². The molecule has 2 N–H and O–H groups in total. The topological polar surface area (TPSA) is 73.8 Å². The summed E-state index contributed by atoms with van der Waals surface area (Å²) in [5.74, 6) is 2.54. The first kappa shape index (κ1) is 20.5. The Morgan fingerprint density at radius 2 is 1.87 bits per heavy atom. The minimum atomic E-state index is -0.291. The molecule has 31 heavy (non-hydrogen) atoms. The summed E-state index contributed by atoms with van der Waals surface area (Å²) in [4.78, 5) is 13.9. The minimum absolute atomic E-state index is 0.0925. The van der Waals surface area contributed by atoms with Crippen LogP contribution in [-0.4, -0.2) is 65.3 Å². The van der Waals surface area contributed by atoms with E-state index in [1.807, 2.05) is 36.5 Å². The first-order valence-electron chi connectivity index (χ1n) is 11.1. The smallest absolute Gasteiger partial charge is 0.184 e. The minimum Gasteiger partial charge on any atom is -0.457 e. The molecule has 1 saturated heterocycles. The van der Waals surface area contributed by atoms with E-state index in [-0.39, 0.29) is 12.1 Å². The van der Waals surface area contributed by atoms with E-state index in [9.17, 15) is 5.11 Å². The van der Waals surface area contributed by atoms with Gasteiger partial charge in [-0.25, -0.2) is 9.97 Å². The number of nitrogens with one attached hydrogen (secondary N) is 1. The van der Waals surface area contributed by atoms with Gasteiger partial charge in [0.15, 0.2) is 5.13 Å². The number of rotatable bonds is 5. The summed E-state index contributed by atoms with van der Waals surface area (Å²) < 4.78 is 7.22. The van der Waals surface area contributed by atoms with Crippen LogP contribution in [0, 0.1) is 0 Å². The number of thiazole rings is 1. The molecule has 2 atom stereocenters. The molecule has 2 aliphatic rings. The van der Waals surface area contributed by atoms with Crippen molar-refractivity contribution >= 4 is 32.5 Å². The van der Waals surface area contributed by atoms with Crippen LogP contribution in [0.25, 0.3) is 10.2 Å². The van der Waals surface area contributed by atoms with E-state index in [0.717, 1.165) is 84.5 Å². The summed E-state index contributed by atoms with van der Waals surface area (Å²) in [6.45, 7) is 4.04. The van der Waals surface area contributed by atoms with Crippen molar-refractivity contribution in [2.24, 2.45) is 0 Å². The van der Waals surface area contributed by atoms with Crippen molar-refractivity contribution in [1.29, 1.82) is 0 Å². The molecular formula is C23H29N5O2S. The fourth-order valence-corrected chi connectivity index (χ4v) is 5.23. The lowest BCUT2D eigenvalue weighted by atomic mass is 9.93. The molecule has 1 aromatic carbocycles. The van der Waals surface area contributed by atoms with Crippen LogP contribution in [0.4, 0.5) is 10.9 Å². The predicted octanol–water partition coefficient (Wildman–Crippen LogP) is 3.95. The Hall–Kier alpha value is -2.42. The van der Waals surface area contributed by atoms with Crippen molar-refractivity contribution in [3.63, 3.8) is 0 Å². The van der Waals surface area contributed by atoms with Crippen LogP contribution in [0.15, 0.2) is 36.5 Å². The van der Waals surface area contributed by atoms with Crippen molar-refractivity contribution in [2.75, 3.05) is 43.4 Å². The maximum absolute atomic E-state index is 10.2. The summed E-state index contributed by atoms with van der Waals surface area (Å²) in [6, 6.07) is 9.98. The van der Waals surface area contributed by atoms with Crippen LogP contribution in [-0.2, 0) is 0 Å². The van der Waals surface area contributed by atoms with Gasteiger partial charge in [0, 0.05) is 44.5 Å². The third kappa shape index (κ3) is 4.76. The Balaban J connectivity index is 1.29. The zero-order valence-electron chi connectivity index (χ0n) is 17.8. The SMILES string of the molecule is CN1CCN(c2cc(Oc3ccc4nc(N[C@@H]5CCCC[C@H]5O)sc4c3)ccn2)CC1. The molecular weight excluding hydrogens is 410 g/mol. The Morgan fingerprint density at radius 1 is 1.06 bits per heavy atom. The van der Waals surface area contributed by atoms with Gasteiger partial charge >= 0.3 is 0 Å². The largest absolute Gasteiger partial charge is 0.457 e. The molecule has 5 rings (SSSR count). The molecule has 164 valence electrons. The number of hydrogen-bond donors (Lipinski definition) is 2. The van der Waals surface area contributed by atoms with E-state index in [4.69, 9.17) is 9.72 Å². The van der Waals surface area contributed by atoms with E-state index < -0.39 is 0 Å². The van der Waals surface area contributed by atoms with Gasteiger partial charge in [0.1, 0.15) is 17.3 Å². The molecule has 1 aliphatic carbocycles. The summed E-state index contributed by atoms with van der Waals surface area (Å²) in [7, 11) is 2.15. The number of anilines is 2. The summed E-state index contributed by atoms with van der Waals surface area (Å²) in [5, 5.41) is 14.5. The third-order valence-electron chi connectivity index (χ3n) is 6.18. The monoisotopic (exact) mass is 439 g/mol. The van der Waals surface area contributed by atoms with Gasteiger partial charge in [-0.15, -0.1) is 0 Å². The second-order valence-corrected chi connectivity index (χ2v) is 9.52. The lowest BCUT2D eigenvalue weighted by Crippen LogP contribution is -2.44. The standard InChI is InChI=1S/C23H29N5O2S/c1-27-10-12-28(13-11-27)22-15-17(8-9-24-22)30-16-6-7-19-21(14-16)31-23(26-19)25-18-4-2-3-5-20(18)29/h6-9,14-15,18,20,29H,2-5,10-13H2,1H3,(H,25,26)/t18-,20-/m1/s1. The number of piperazine rings is 1. The Labute approximate surface area is 186 Å². The second-order valence-electron chi connectivity index (χ2n) is 8.49. The molecule has 2 fully saturated rings. The Bertz CT molecular complexity index is 1030. The van der Waals surface area contributed by atoms with E-state index in [2.05, 4.69) is 27.1 Å². The number of ether oxygens (including phenoxy) is 1. The lowest BCUT2D eigenvalue weighted by Gasteiger charge is -2.33. The van der Waals surface area contributed by atoms with Crippen LogP contribution in [0.2, 0.25) is 0 Å². The van der Waals surface area contributed by atoms with Crippen LogP contribution < -0.4 is 15.0 Å². The summed E-state index contributed by atoms with van der Waals surface area (Å²) >= 11 is 1.61. The molecule has 0 bridgehead atoms. The fourth-order valence-electron chi connectivity index (χ4n) is 4.28. The van der Waals surface area contributed by atoms with Gasteiger partial charge < -0.3 is 25.0 Å². The number of aliphatic hydroxyl groups is 1. The Morgan fingerprint density at radius 3 is 2.71 bits per heavy atom. The number of hydrogen-bond acceptors (Lipinski definition) is 8. The normalized spacial score (nSPS) is 22.6. The average molecular weight is 440 g/mol. The van der Waals surface area contributed by atoms with Crippen LogP contribution in [0.5, 0.6) is 11.5 Å². The maximum Gasteiger partial charge on any atom is 0.184 e. The molecule has 7 nitrogen and oxygen atoms in total. The van der Waals surface area contributed by atoms with E-state index in [0.29, 0.717) is 0 Å². The number of pyridine rings is 1. The zero-order valence-corrected chi connectivity index (χ0v) is 18.6. The van der Waals surface area contributed by atoms with Crippen molar-refractivity contribution in [2.45, 2.75) is 37.8 Å². The Kier molecular flexibility index (Phi) is 5.93. The molecule has 3 aromatic rings. The van der Waals surface area contributed by atoms with E-state index in [1.54, 1.807) is 11.3 Å². The summed E-state index contributed by atoms with van der Waals surface area (Å²) in [6.07, 6.45) is 5.63. The number of likely N-dealkylation sites (N-methyl/N-ethyl adjacent to an activating group) is 1. The molecule has 2 aromatic heterocycles. The van der Waals surface area contributed by atoms with Crippen molar-refractivity contribution in [1.82, 2.24) is 14.9 Å². The van der Waals surface area contributed by atoms with Crippen LogP contribution in [0.1, 0.15) is 25.7 Å². The summed E-state index contributed by atoms with van der Waals surface area (Å²) in [5.41, 5.74) is 0.943. The van der Waals surface area contributed by atoms with Gasteiger partial charge in [0.25, 0.3) is 0 Å². The zero-order chi connectivity index (χ0) is 21.2. The second kappa shape index (κ2) is 8.98. The van der Waals surface area contributed by atoms with Crippen LogP contribution >= 0.6 is 11.3 Å². The van der Waals surface area contributed by atoms with Crippen molar-refractivity contribution < 1.29 is 9.84 Å². The first-order valence-corrected chi connectivity index (χ1v) is 11.9. The van der Waals surface area contributed by atoms with E-state index in [1.165, 1.54) is 0 Å². The van der Waals surface area contributed by atoms with E-state index >= 15 is 0 Å². The molecule has 0 amide bonds. The molecule has 1 aliphatic heterocycles. The molecule has 1 saturated carbocycles. The quantitative estimate of drug-likeness (QED) is 0.623. The first-order chi connectivity index (χ1) is 15.1. The van der Waals surface area contributed by atoms with Gasteiger partial charge in [0.05, 0.1) is 22.4 Å². The predicted molar refractivity (Wildman–Crippen MR) is 126 cm³/mol. The van der Waals surface area contributed by atoms with Gasteiger partial charge in [-0.3, -0.25) is 0 Å². The van der Waals surface area contributed by atoms with Gasteiger partial charge in [-0.1, -0.05) is 24.2 Å². The lowest BCUT2D eigenvalue weighted by molar-refractivity contribution is 0.116. The number of aliphatic hydroxyl groups excluding tert-OH is 1. The highest BCUT2D eigenvalue weighted by Gasteiger charge is 2.23. The molecule has 0 spiro atoms. The highest BCUT2D eigenvalue weighted by molar-refractivity contribution is 7.22. The molecule has 8 heteroatoms. The molecule has 3 heterocycles. The maximum atomic E-state index is 10.2. The fraction of sp³-hybridized carbons (Fsp3) is 0.478. The number of fused-ring (bicyclic) bond motifs is 1. The number of aromatic nitrogens is 2. The van der Waals surface area contributed by atoms with Crippen molar-refractivity contribution in [3.8, 4) is 11.5 Å². The van der Waals surface area contributed by atoms with Crippen LogP contribution in [0.3, 0.4) is 0 Å². The highest BCUT2D eigenvalue weighted by Crippen LogP contribution is 2.33. The van der Waals surface area contributed by atoms with Gasteiger partial charge in [-0.05, 0) is 38.1 Å². The van der Waals surface area contributed by atoms with Gasteiger partial charge in [0.2, 0.25) is 0 Å². The molecule has 0 radical (unpaired) electrons. The number of benzene rings is 1. The highest BCUT2D eigenvalue weighted by atomic mass is 32.1. The third-order valence-corrected chi connectivity index (χ3v) is 7.13. The molecule has 0 unspecified atom stereocenters. The van der Waals surface area contributed by atoms with Crippen molar-refractivity contribution in [3.05, 3.63) is 36.5 Å². The number of nitrogens with zero attached hydrogens (tertiary/aromatic N) is 4.